The van der Waals surface area contributed by atoms with Gasteiger partial charge in [0.15, 0.2) is 0 Å². The first-order valence-corrected chi connectivity index (χ1v) is 11.6. The number of carbonyl (C=O) groups is 3. The summed E-state index contributed by atoms with van der Waals surface area (Å²) in [6, 6.07) is 19.9. The van der Waals surface area contributed by atoms with E-state index in [-0.39, 0.29) is 30.8 Å². The molecule has 0 saturated carbocycles. The van der Waals surface area contributed by atoms with Crippen LogP contribution in [0.2, 0.25) is 0 Å². The lowest BCUT2D eigenvalue weighted by Crippen LogP contribution is -2.43. The number of amides is 1. The standard InChI is InChI=1S/C27H28N4O6/c28-22(17-23(32)33)29-15-7-14-21(27(36)37)30-25(34)20-13-8-16-31(26(20)35)24(18-9-3-1-4-10-18)19-11-5-2-6-12-19/h1-6,8-13,16,21,24H,7,14-15,17H2,(H2,28,29)(H,30,34)(H,32,33)(H,36,37)/t21-/m0/s1. The summed E-state index contributed by atoms with van der Waals surface area (Å²) in [6.07, 6.45) is 1.44. The van der Waals surface area contributed by atoms with Gasteiger partial charge in [-0.05, 0) is 36.1 Å². The zero-order valence-corrected chi connectivity index (χ0v) is 20.0. The minimum atomic E-state index is -1.27. The van der Waals surface area contributed by atoms with Gasteiger partial charge in [0.1, 0.15) is 23.9 Å². The maximum absolute atomic E-state index is 13.4. The van der Waals surface area contributed by atoms with Crippen molar-refractivity contribution in [2.24, 2.45) is 10.7 Å². The molecule has 1 heterocycles. The Hall–Kier alpha value is -4.73. The first kappa shape index (κ1) is 26.9. The maximum Gasteiger partial charge on any atom is 0.326 e. The average Bonchev–Trinajstić information content (AvgIpc) is 2.87. The zero-order chi connectivity index (χ0) is 26.8. The molecule has 3 aromatic rings. The van der Waals surface area contributed by atoms with E-state index >= 15 is 0 Å². The van der Waals surface area contributed by atoms with Gasteiger partial charge in [0.2, 0.25) is 0 Å². The molecule has 0 bridgehead atoms. The molecule has 0 fully saturated rings. The summed E-state index contributed by atoms with van der Waals surface area (Å²) in [7, 11) is 0. The molecule has 1 aromatic heterocycles. The molecule has 5 N–H and O–H groups in total. The first-order chi connectivity index (χ1) is 17.8. The number of nitrogens with two attached hydrogens (primary N) is 1. The SMILES string of the molecule is NC(CC(=O)O)=NCCC[C@H](NC(=O)c1cccn(C(c2ccccc2)c2ccccc2)c1=O)C(=O)O. The Morgan fingerprint density at radius 2 is 1.51 bits per heavy atom. The topological polar surface area (TPSA) is 164 Å². The third-order valence-electron chi connectivity index (χ3n) is 5.63. The number of rotatable bonds is 12. The van der Waals surface area contributed by atoms with Crippen LogP contribution in [0.15, 0.2) is 88.8 Å². The normalized spacial score (nSPS) is 12.2. The van der Waals surface area contributed by atoms with Crippen molar-refractivity contribution in [1.82, 2.24) is 9.88 Å². The molecule has 10 heteroatoms. The van der Waals surface area contributed by atoms with E-state index in [1.807, 2.05) is 60.7 Å². The van der Waals surface area contributed by atoms with Gasteiger partial charge in [-0.25, -0.2) is 4.79 Å². The third-order valence-corrected chi connectivity index (χ3v) is 5.63. The molecule has 0 aliphatic rings. The van der Waals surface area contributed by atoms with Crippen molar-refractivity contribution in [1.29, 1.82) is 0 Å². The van der Waals surface area contributed by atoms with Gasteiger partial charge < -0.3 is 25.8 Å². The third kappa shape index (κ3) is 7.38. The Bertz CT molecular complexity index is 1280. The monoisotopic (exact) mass is 504 g/mol. The lowest BCUT2D eigenvalue weighted by atomic mass is 9.98. The minimum absolute atomic E-state index is 0.0165. The van der Waals surface area contributed by atoms with E-state index in [4.69, 9.17) is 10.8 Å². The fourth-order valence-electron chi connectivity index (χ4n) is 3.89. The summed E-state index contributed by atoms with van der Waals surface area (Å²) < 4.78 is 1.45. The largest absolute Gasteiger partial charge is 0.481 e. The highest BCUT2D eigenvalue weighted by molar-refractivity contribution is 5.96. The second-order valence-electron chi connectivity index (χ2n) is 8.31. The van der Waals surface area contributed by atoms with Crippen molar-refractivity contribution < 1.29 is 24.6 Å². The van der Waals surface area contributed by atoms with Gasteiger partial charge >= 0.3 is 11.9 Å². The van der Waals surface area contributed by atoms with Gasteiger partial charge in [-0.15, -0.1) is 0 Å². The molecule has 1 atom stereocenters. The minimum Gasteiger partial charge on any atom is -0.481 e. The number of amidine groups is 1. The van der Waals surface area contributed by atoms with Gasteiger partial charge in [0.25, 0.3) is 11.5 Å². The van der Waals surface area contributed by atoms with Crippen LogP contribution in [0, 0.1) is 0 Å². The van der Waals surface area contributed by atoms with E-state index in [1.54, 1.807) is 12.3 Å². The lowest BCUT2D eigenvalue weighted by molar-refractivity contribution is -0.139. The quantitative estimate of drug-likeness (QED) is 0.167. The van der Waals surface area contributed by atoms with E-state index in [2.05, 4.69) is 10.3 Å². The maximum atomic E-state index is 13.4. The highest BCUT2D eigenvalue weighted by Gasteiger charge is 2.24. The number of hydrogen-bond acceptors (Lipinski definition) is 5. The molecule has 0 unspecified atom stereocenters. The number of carboxylic acid groups (broad SMARTS) is 2. The Labute approximate surface area is 213 Å². The van der Waals surface area contributed by atoms with E-state index in [9.17, 15) is 24.3 Å². The highest BCUT2D eigenvalue weighted by Crippen LogP contribution is 2.25. The van der Waals surface area contributed by atoms with Crippen molar-refractivity contribution >= 4 is 23.7 Å². The molecule has 0 radical (unpaired) electrons. The molecule has 37 heavy (non-hydrogen) atoms. The first-order valence-electron chi connectivity index (χ1n) is 11.6. The van der Waals surface area contributed by atoms with Gasteiger partial charge in [-0.1, -0.05) is 60.7 Å². The second kappa shape index (κ2) is 12.8. The van der Waals surface area contributed by atoms with Gasteiger partial charge in [0.05, 0.1) is 6.04 Å². The van der Waals surface area contributed by atoms with Crippen LogP contribution in [-0.4, -0.2) is 51.0 Å². The number of carbonyl (C=O) groups excluding carboxylic acids is 1. The number of aliphatic imine (C=N–C) groups is 1. The van der Waals surface area contributed by atoms with Crippen molar-refractivity contribution in [3.63, 3.8) is 0 Å². The molecule has 2 aromatic carbocycles. The molecule has 1 amide bonds. The summed E-state index contributed by atoms with van der Waals surface area (Å²) in [5.41, 5.74) is 6.44. The van der Waals surface area contributed by atoms with Crippen LogP contribution in [0.3, 0.4) is 0 Å². The smallest absolute Gasteiger partial charge is 0.326 e. The molecule has 0 saturated heterocycles. The van der Waals surface area contributed by atoms with Crippen molar-refractivity contribution in [2.75, 3.05) is 6.54 Å². The Balaban J connectivity index is 1.82. The number of nitrogens with zero attached hydrogens (tertiary/aromatic N) is 2. The van der Waals surface area contributed by atoms with Crippen LogP contribution in [-0.2, 0) is 9.59 Å². The molecular formula is C27H28N4O6. The number of aromatic nitrogens is 1. The van der Waals surface area contributed by atoms with Crippen molar-refractivity contribution in [3.05, 3.63) is 106 Å². The summed E-state index contributed by atoms with van der Waals surface area (Å²) >= 11 is 0. The molecule has 10 nitrogen and oxygen atoms in total. The molecule has 0 spiro atoms. The summed E-state index contributed by atoms with van der Waals surface area (Å²) in [5.74, 6) is -3.26. The number of carboxylic acids is 2. The highest BCUT2D eigenvalue weighted by atomic mass is 16.4. The second-order valence-corrected chi connectivity index (χ2v) is 8.31. The molecule has 3 rings (SSSR count). The lowest BCUT2D eigenvalue weighted by Gasteiger charge is -2.22. The number of hydrogen-bond donors (Lipinski definition) is 4. The van der Waals surface area contributed by atoms with E-state index in [1.165, 1.54) is 10.6 Å². The van der Waals surface area contributed by atoms with Crippen molar-refractivity contribution in [2.45, 2.75) is 31.3 Å². The number of aliphatic carboxylic acids is 2. The fourth-order valence-corrected chi connectivity index (χ4v) is 3.89. The predicted molar refractivity (Wildman–Crippen MR) is 138 cm³/mol. The van der Waals surface area contributed by atoms with Gasteiger partial charge in [-0.3, -0.25) is 19.4 Å². The number of pyridine rings is 1. The zero-order valence-electron chi connectivity index (χ0n) is 20.0. The van der Waals surface area contributed by atoms with Crippen LogP contribution in [0.5, 0.6) is 0 Å². The molecular weight excluding hydrogens is 476 g/mol. The Morgan fingerprint density at radius 1 is 0.919 bits per heavy atom. The Morgan fingerprint density at radius 3 is 2.05 bits per heavy atom. The van der Waals surface area contributed by atoms with Gasteiger partial charge in [0, 0.05) is 12.7 Å². The average molecular weight is 505 g/mol. The van der Waals surface area contributed by atoms with Crippen LogP contribution in [0.1, 0.15) is 46.8 Å². The van der Waals surface area contributed by atoms with Crippen LogP contribution >= 0.6 is 0 Å². The summed E-state index contributed by atoms with van der Waals surface area (Å²) in [6.45, 7) is 0.104. The van der Waals surface area contributed by atoms with Crippen molar-refractivity contribution in [3.8, 4) is 0 Å². The van der Waals surface area contributed by atoms with Crippen LogP contribution in [0.25, 0.3) is 0 Å². The van der Waals surface area contributed by atoms with Gasteiger partial charge in [-0.2, -0.15) is 0 Å². The van der Waals surface area contributed by atoms with E-state index in [0.717, 1.165) is 11.1 Å². The van der Waals surface area contributed by atoms with E-state index < -0.39 is 41.9 Å². The van der Waals surface area contributed by atoms with E-state index in [0.29, 0.717) is 0 Å². The fraction of sp³-hybridized carbons (Fsp3) is 0.222. The molecule has 0 aliphatic carbocycles. The Kier molecular flexibility index (Phi) is 9.31. The van der Waals surface area contributed by atoms with Crippen LogP contribution < -0.4 is 16.6 Å². The summed E-state index contributed by atoms with van der Waals surface area (Å²) in [4.78, 5) is 52.7. The number of benzene rings is 2. The predicted octanol–water partition coefficient (Wildman–Crippen LogP) is 2.28. The summed E-state index contributed by atoms with van der Waals surface area (Å²) in [5, 5.41) is 20.7. The number of nitrogens with one attached hydrogen (secondary N) is 1. The van der Waals surface area contributed by atoms with Crippen LogP contribution in [0.4, 0.5) is 0 Å². The molecule has 0 aliphatic heterocycles. The molecule has 192 valence electrons.